The Morgan fingerprint density at radius 2 is 1.54 bits per heavy atom. The maximum atomic E-state index is 9.75. The van der Waals surface area contributed by atoms with Gasteiger partial charge in [-0.1, -0.05) is 78.2 Å². The van der Waals surface area contributed by atoms with Crippen LogP contribution in [0.15, 0.2) is 168 Å². The fraction of sp³-hybridized carbons (Fsp3) is 0.0909. The van der Waals surface area contributed by atoms with E-state index in [2.05, 4.69) is 137 Å². The molecule has 3 aliphatic carbocycles. The van der Waals surface area contributed by atoms with Gasteiger partial charge in [-0.15, -0.1) is 0 Å². The lowest BCUT2D eigenvalue weighted by Gasteiger charge is -2.35. The third-order valence-corrected chi connectivity index (χ3v) is 10.0. The Balaban J connectivity index is 1.17. The van der Waals surface area contributed by atoms with Crippen LogP contribution in [0.3, 0.4) is 0 Å². The molecule has 0 radical (unpaired) electrons. The second kappa shape index (κ2) is 11.1. The van der Waals surface area contributed by atoms with Crippen LogP contribution in [-0.4, -0.2) is 6.04 Å². The van der Waals surface area contributed by atoms with E-state index in [1.165, 1.54) is 33.5 Å². The number of hydrogen-bond acceptors (Lipinski definition) is 4. The molecule has 5 aliphatic rings. The van der Waals surface area contributed by atoms with Gasteiger partial charge in [0.05, 0.1) is 35.0 Å². The number of benzene rings is 4. The number of rotatable bonds is 4. The highest BCUT2D eigenvalue weighted by Crippen LogP contribution is 2.54. The van der Waals surface area contributed by atoms with E-state index in [1.807, 2.05) is 36.4 Å². The molecule has 224 valence electrons. The van der Waals surface area contributed by atoms with Crippen molar-refractivity contribution in [2.75, 3.05) is 9.80 Å². The van der Waals surface area contributed by atoms with Crippen molar-refractivity contribution in [3.05, 3.63) is 196 Å². The topological polar surface area (TPSA) is 54.1 Å². The zero-order valence-electron chi connectivity index (χ0n) is 26.0. The quantitative estimate of drug-likeness (QED) is 0.215. The summed E-state index contributed by atoms with van der Waals surface area (Å²) in [6, 6.07) is 38.1. The van der Waals surface area contributed by atoms with Gasteiger partial charge in [-0.2, -0.15) is 10.5 Å². The first-order chi connectivity index (χ1) is 23.7. The van der Waals surface area contributed by atoms with E-state index < -0.39 is 0 Å². The maximum Gasteiger partial charge on any atom is 0.0991 e. The van der Waals surface area contributed by atoms with Crippen LogP contribution < -0.4 is 9.80 Å². The minimum Gasteiger partial charge on any atom is -0.332 e. The molecule has 0 spiro atoms. The fourth-order valence-corrected chi connectivity index (χ4v) is 7.98. The molecule has 4 nitrogen and oxygen atoms in total. The molecule has 48 heavy (non-hydrogen) atoms. The summed E-state index contributed by atoms with van der Waals surface area (Å²) in [6.07, 6.45) is 16.2. The fourth-order valence-electron chi connectivity index (χ4n) is 7.98. The van der Waals surface area contributed by atoms with Crippen molar-refractivity contribution in [1.82, 2.24) is 0 Å². The summed E-state index contributed by atoms with van der Waals surface area (Å²) >= 11 is 0. The second-order valence-corrected chi connectivity index (χ2v) is 12.6. The molecule has 0 aromatic heterocycles. The van der Waals surface area contributed by atoms with Crippen molar-refractivity contribution in [3.8, 4) is 12.1 Å². The summed E-state index contributed by atoms with van der Waals surface area (Å²) in [5, 5.41) is 19.2. The van der Waals surface area contributed by atoms with E-state index in [9.17, 15) is 10.5 Å². The Labute approximate surface area is 280 Å². The zero-order valence-corrected chi connectivity index (χ0v) is 26.0. The lowest BCUT2D eigenvalue weighted by atomic mass is 9.81. The van der Waals surface area contributed by atoms with Gasteiger partial charge in [0, 0.05) is 46.2 Å². The van der Waals surface area contributed by atoms with Crippen LogP contribution in [0.1, 0.15) is 40.2 Å². The molecule has 0 saturated carbocycles. The van der Waals surface area contributed by atoms with E-state index >= 15 is 0 Å². The highest BCUT2D eigenvalue weighted by molar-refractivity contribution is 5.92. The van der Waals surface area contributed by atoms with Crippen LogP contribution in [0.4, 0.5) is 17.1 Å². The van der Waals surface area contributed by atoms with Crippen molar-refractivity contribution < 1.29 is 0 Å². The van der Waals surface area contributed by atoms with E-state index in [1.54, 1.807) is 0 Å². The molecule has 3 unspecified atom stereocenters. The second-order valence-electron chi connectivity index (χ2n) is 12.6. The molecule has 0 amide bonds. The lowest BCUT2D eigenvalue weighted by Crippen LogP contribution is -2.35. The SMILES string of the molecule is N#Cc1ccc(N2C3=C(C=C=C=C3)C3C=CC=C(c4cccc(C5=C6C(CC=C5)c5cc(C#N)ccc5N6c5ccccc5)c4)C32)cc1. The van der Waals surface area contributed by atoms with Crippen molar-refractivity contribution in [2.24, 2.45) is 5.92 Å². The monoisotopic (exact) mass is 612 g/mol. The Morgan fingerprint density at radius 1 is 0.750 bits per heavy atom. The molecule has 0 fully saturated rings. The molecule has 9 rings (SSSR count). The van der Waals surface area contributed by atoms with Crippen LogP contribution in [0, 0.1) is 28.6 Å². The molecule has 4 heteroatoms. The van der Waals surface area contributed by atoms with Gasteiger partial charge in [-0.3, -0.25) is 0 Å². The van der Waals surface area contributed by atoms with E-state index in [0.717, 1.165) is 34.7 Å². The van der Waals surface area contributed by atoms with Crippen molar-refractivity contribution in [3.63, 3.8) is 0 Å². The molecule has 2 aliphatic heterocycles. The minimum atomic E-state index is 0.0330. The number of allylic oxidation sites excluding steroid dienone is 8. The normalized spacial score (nSPS) is 21.0. The van der Waals surface area contributed by atoms with Crippen molar-refractivity contribution in [2.45, 2.75) is 18.4 Å². The number of para-hydroxylation sites is 1. The molecular weight excluding hydrogens is 585 g/mol. The standard InChI is InChI=1S/C44H28N4/c45-27-29-19-22-34(23-20-29)48-41-18-5-4-13-37(41)38-16-7-14-35(43(38)48)31-9-6-10-32(26-31)36-15-8-17-39-40-25-30(28-46)21-24-42(40)47(44(36)39)33-11-2-1-3-12-33/h1-3,6-16,18-26,38-39,43H,17H2. The Bertz CT molecular complexity index is 2370. The van der Waals surface area contributed by atoms with E-state index in [4.69, 9.17) is 0 Å². The molecule has 2 heterocycles. The highest BCUT2D eigenvalue weighted by atomic mass is 15.2. The molecule has 0 bridgehead atoms. The number of nitriles is 2. The van der Waals surface area contributed by atoms with Gasteiger partial charge in [0.1, 0.15) is 0 Å². The van der Waals surface area contributed by atoms with E-state index in [-0.39, 0.29) is 17.9 Å². The van der Waals surface area contributed by atoms with Gasteiger partial charge < -0.3 is 9.80 Å². The summed E-state index contributed by atoms with van der Waals surface area (Å²) in [6.45, 7) is 0. The molecule has 4 aromatic rings. The molecule has 4 aromatic carbocycles. The summed E-state index contributed by atoms with van der Waals surface area (Å²) in [5.41, 5.74) is 20.5. The zero-order chi connectivity index (χ0) is 32.2. The summed E-state index contributed by atoms with van der Waals surface area (Å²) in [5.74, 6) is 0.306. The predicted molar refractivity (Wildman–Crippen MR) is 191 cm³/mol. The van der Waals surface area contributed by atoms with Gasteiger partial charge in [0.2, 0.25) is 0 Å². The first-order valence-corrected chi connectivity index (χ1v) is 16.2. The summed E-state index contributed by atoms with van der Waals surface area (Å²) in [4.78, 5) is 4.78. The summed E-state index contributed by atoms with van der Waals surface area (Å²) < 4.78 is 0. The third-order valence-electron chi connectivity index (χ3n) is 10.0. The van der Waals surface area contributed by atoms with Gasteiger partial charge in [0.15, 0.2) is 0 Å². The number of hydrogen-bond donors (Lipinski definition) is 0. The molecular formula is C44H28N4. The first-order valence-electron chi connectivity index (χ1n) is 16.2. The molecule has 0 saturated heterocycles. The Morgan fingerprint density at radius 3 is 2.38 bits per heavy atom. The average molecular weight is 613 g/mol. The van der Waals surface area contributed by atoms with Crippen LogP contribution in [0.25, 0.3) is 11.1 Å². The van der Waals surface area contributed by atoms with Gasteiger partial charge in [-0.25, -0.2) is 0 Å². The van der Waals surface area contributed by atoms with Gasteiger partial charge >= 0.3 is 0 Å². The van der Waals surface area contributed by atoms with Crippen LogP contribution in [0.5, 0.6) is 0 Å². The van der Waals surface area contributed by atoms with Gasteiger partial charge in [-0.05, 0) is 101 Å². The number of anilines is 3. The average Bonchev–Trinajstić information content (AvgIpc) is 3.68. The predicted octanol–water partition coefficient (Wildman–Crippen LogP) is 9.63. The van der Waals surface area contributed by atoms with Crippen LogP contribution in [-0.2, 0) is 0 Å². The third kappa shape index (κ3) is 4.23. The minimum absolute atomic E-state index is 0.0330. The smallest absolute Gasteiger partial charge is 0.0991 e. The Hall–Kier alpha value is -6.54. The van der Waals surface area contributed by atoms with Crippen LogP contribution >= 0.6 is 0 Å². The first kappa shape index (κ1) is 27.7. The highest BCUT2D eigenvalue weighted by Gasteiger charge is 2.43. The van der Waals surface area contributed by atoms with Crippen molar-refractivity contribution >= 4 is 28.2 Å². The lowest BCUT2D eigenvalue weighted by molar-refractivity contribution is 0.701. The maximum absolute atomic E-state index is 9.75. The largest absolute Gasteiger partial charge is 0.332 e. The van der Waals surface area contributed by atoms with Crippen LogP contribution in [0.2, 0.25) is 0 Å². The molecule has 0 N–H and O–H groups in total. The Kier molecular flexibility index (Phi) is 6.39. The molecule has 3 atom stereocenters. The van der Waals surface area contributed by atoms with E-state index in [0.29, 0.717) is 11.1 Å². The van der Waals surface area contributed by atoms with Gasteiger partial charge in [0.25, 0.3) is 0 Å². The summed E-state index contributed by atoms with van der Waals surface area (Å²) in [7, 11) is 0. The van der Waals surface area contributed by atoms with Crippen molar-refractivity contribution in [1.29, 1.82) is 10.5 Å². The number of fused-ring (bicyclic) bond motifs is 5. The number of nitrogens with zero attached hydrogens (tertiary/aromatic N) is 4.